The zero-order chi connectivity index (χ0) is 12.4. The second-order valence-corrected chi connectivity index (χ2v) is 5.73. The molecule has 1 aromatic rings. The number of nitrogens with one attached hydrogen (secondary N) is 1. The van der Waals surface area contributed by atoms with Gasteiger partial charge in [0.15, 0.2) is 0 Å². The summed E-state index contributed by atoms with van der Waals surface area (Å²) in [5.74, 6) is 0. The third-order valence-electron chi connectivity index (χ3n) is 4.36. The Morgan fingerprint density at radius 1 is 1.33 bits per heavy atom. The highest BCUT2D eigenvalue weighted by Gasteiger charge is 2.32. The number of likely N-dealkylation sites (tertiary alicyclic amines) is 1. The highest BCUT2D eigenvalue weighted by Crippen LogP contribution is 2.24. The summed E-state index contributed by atoms with van der Waals surface area (Å²) in [7, 11) is 0. The first kappa shape index (κ1) is 12.2. The van der Waals surface area contributed by atoms with Crippen LogP contribution in [0.3, 0.4) is 0 Å². The summed E-state index contributed by atoms with van der Waals surface area (Å²) in [6, 6.07) is 1.51. The van der Waals surface area contributed by atoms with Crippen LogP contribution >= 0.6 is 0 Å². The fraction of sp³-hybridized carbons (Fsp3) is 0.786. The van der Waals surface area contributed by atoms with E-state index in [9.17, 15) is 0 Å². The summed E-state index contributed by atoms with van der Waals surface area (Å²) in [6.07, 6.45) is 9.53. The molecule has 3 rings (SSSR count). The van der Waals surface area contributed by atoms with E-state index >= 15 is 0 Å². The lowest BCUT2D eigenvalue weighted by molar-refractivity contribution is 0.204. The van der Waals surface area contributed by atoms with Gasteiger partial charge in [-0.1, -0.05) is 0 Å². The molecule has 2 atom stereocenters. The molecule has 0 saturated carbocycles. The number of hydrogen-bond acceptors (Lipinski definition) is 3. The fourth-order valence-electron chi connectivity index (χ4n) is 3.45. The van der Waals surface area contributed by atoms with Gasteiger partial charge in [-0.25, -0.2) is 0 Å². The Balaban J connectivity index is 1.54. The maximum atomic E-state index is 4.37. The van der Waals surface area contributed by atoms with E-state index in [1.54, 1.807) is 0 Å². The van der Waals surface area contributed by atoms with E-state index in [1.165, 1.54) is 44.3 Å². The monoisotopic (exact) mass is 248 g/mol. The van der Waals surface area contributed by atoms with Gasteiger partial charge in [-0.2, -0.15) is 5.10 Å². The number of aryl methyl sites for hydroxylation is 1. The lowest BCUT2D eigenvalue weighted by Gasteiger charge is -2.29. The van der Waals surface area contributed by atoms with E-state index in [-0.39, 0.29) is 0 Å². The van der Waals surface area contributed by atoms with Crippen molar-refractivity contribution in [1.29, 1.82) is 0 Å². The molecule has 2 unspecified atom stereocenters. The summed E-state index contributed by atoms with van der Waals surface area (Å²) >= 11 is 0. The van der Waals surface area contributed by atoms with Crippen LogP contribution in [0, 0.1) is 6.92 Å². The van der Waals surface area contributed by atoms with Crippen molar-refractivity contribution in [3.05, 3.63) is 18.0 Å². The molecule has 2 aliphatic heterocycles. The average molecular weight is 248 g/mol. The molecule has 100 valence electrons. The minimum Gasteiger partial charge on any atom is -0.312 e. The van der Waals surface area contributed by atoms with Crippen molar-refractivity contribution in [2.75, 3.05) is 19.6 Å². The molecule has 2 fully saturated rings. The molecule has 0 spiro atoms. The summed E-state index contributed by atoms with van der Waals surface area (Å²) in [5, 5.41) is 8.04. The van der Waals surface area contributed by atoms with E-state index in [0.29, 0.717) is 0 Å². The molecule has 3 heterocycles. The Morgan fingerprint density at radius 3 is 3.00 bits per heavy atom. The first-order chi connectivity index (χ1) is 8.83. The van der Waals surface area contributed by atoms with E-state index < -0.39 is 0 Å². The van der Waals surface area contributed by atoms with Crippen LogP contribution in [0.2, 0.25) is 0 Å². The molecule has 1 N–H and O–H groups in total. The summed E-state index contributed by atoms with van der Waals surface area (Å²) in [4.78, 5) is 2.67. The Labute approximate surface area is 109 Å². The first-order valence-corrected chi connectivity index (χ1v) is 7.29. The molecule has 0 aromatic carbocycles. The molecule has 0 amide bonds. The van der Waals surface area contributed by atoms with Crippen LogP contribution < -0.4 is 5.32 Å². The van der Waals surface area contributed by atoms with Crippen molar-refractivity contribution < 1.29 is 0 Å². The lowest BCUT2D eigenvalue weighted by atomic mass is 10.0. The maximum Gasteiger partial charge on any atom is 0.0536 e. The number of aromatic nitrogens is 2. The van der Waals surface area contributed by atoms with Gasteiger partial charge >= 0.3 is 0 Å². The molecule has 4 nitrogen and oxygen atoms in total. The minimum atomic E-state index is 0.742. The zero-order valence-electron chi connectivity index (χ0n) is 11.3. The van der Waals surface area contributed by atoms with Gasteiger partial charge in [-0.05, 0) is 51.3 Å². The molecule has 2 aliphatic rings. The van der Waals surface area contributed by atoms with Crippen molar-refractivity contribution in [2.45, 2.75) is 51.2 Å². The van der Waals surface area contributed by atoms with Crippen LogP contribution in [0.5, 0.6) is 0 Å². The van der Waals surface area contributed by atoms with Gasteiger partial charge in [0, 0.05) is 24.8 Å². The smallest absolute Gasteiger partial charge is 0.0536 e. The summed E-state index contributed by atoms with van der Waals surface area (Å²) < 4.78 is 2.08. The Hall–Kier alpha value is -0.870. The molecular weight excluding hydrogens is 224 g/mol. The normalized spacial score (nSPS) is 29.2. The van der Waals surface area contributed by atoms with Crippen molar-refractivity contribution in [2.24, 2.45) is 0 Å². The van der Waals surface area contributed by atoms with Crippen LogP contribution in [0.4, 0.5) is 0 Å². The molecule has 1 aromatic heterocycles. The van der Waals surface area contributed by atoms with Gasteiger partial charge < -0.3 is 5.32 Å². The molecule has 0 aliphatic carbocycles. The Bertz CT molecular complexity index is 381. The van der Waals surface area contributed by atoms with Gasteiger partial charge in [-0.15, -0.1) is 0 Å². The van der Waals surface area contributed by atoms with Crippen LogP contribution in [-0.4, -0.2) is 46.4 Å². The molecular formula is C14H24N4. The van der Waals surface area contributed by atoms with Crippen molar-refractivity contribution in [1.82, 2.24) is 20.0 Å². The summed E-state index contributed by atoms with van der Waals surface area (Å²) in [5.41, 5.74) is 1.26. The van der Waals surface area contributed by atoms with Gasteiger partial charge in [-0.3, -0.25) is 9.58 Å². The molecule has 4 heteroatoms. The van der Waals surface area contributed by atoms with Gasteiger partial charge in [0.2, 0.25) is 0 Å². The standard InChI is InChI=1S/C14H24N4/c1-12-10-16-18(11-12)9-8-17-7-3-5-14(17)13-4-2-6-15-13/h10-11,13-15H,2-9H2,1H3. The lowest BCUT2D eigenvalue weighted by Crippen LogP contribution is -2.44. The number of rotatable bonds is 4. The van der Waals surface area contributed by atoms with Gasteiger partial charge in [0.1, 0.15) is 0 Å². The Kier molecular flexibility index (Phi) is 3.66. The number of nitrogens with zero attached hydrogens (tertiary/aromatic N) is 3. The minimum absolute atomic E-state index is 0.742. The second-order valence-electron chi connectivity index (χ2n) is 5.73. The van der Waals surface area contributed by atoms with E-state index in [1.807, 2.05) is 6.20 Å². The molecule has 0 radical (unpaired) electrons. The predicted octanol–water partition coefficient (Wildman–Crippen LogP) is 1.41. The largest absolute Gasteiger partial charge is 0.312 e. The molecule has 2 saturated heterocycles. The zero-order valence-corrected chi connectivity index (χ0v) is 11.3. The fourth-order valence-corrected chi connectivity index (χ4v) is 3.45. The van der Waals surface area contributed by atoms with Crippen molar-refractivity contribution >= 4 is 0 Å². The molecule has 18 heavy (non-hydrogen) atoms. The van der Waals surface area contributed by atoms with Gasteiger partial charge in [0.25, 0.3) is 0 Å². The Morgan fingerprint density at radius 2 is 2.28 bits per heavy atom. The average Bonchev–Trinajstić information content (AvgIpc) is 3.07. The maximum absolute atomic E-state index is 4.37. The predicted molar refractivity (Wildman–Crippen MR) is 72.6 cm³/mol. The SMILES string of the molecule is Cc1cnn(CCN2CCCC2C2CCCN2)c1. The highest BCUT2D eigenvalue weighted by atomic mass is 15.3. The van der Waals surface area contributed by atoms with E-state index in [0.717, 1.165) is 25.2 Å². The summed E-state index contributed by atoms with van der Waals surface area (Å²) in [6.45, 7) is 6.75. The van der Waals surface area contributed by atoms with Crippen LogP contribution in [-0.2, 0) is 6.54 Å². The highest BCUT2D eigenvalue weighted by molar-refractivity contribution is 4.99. The first-order valence-electron chi connectivity index (χ1n) is 7.29. The van der Waals surface area contributed by atoms with E-state index in [2.05, 4.69) is 33.1 Å². The quantitative estimate of drug-likeness (QED) is 0.874. The topological polar surface area (TPSA) is 33.1 Å². The second kappa shape index (κ2) is 5.41. The molecule has 0 bridgehead atoms. The van der Waals surface area contributed by atoms with Crippen molar-refractivity contribution in [3.63, 3.8) is 0 Å². The van der Waals surface area contributed by atoms with Crippen molar-refractivity contribution in [3.8, 4) is 0 Å². The van der Waals surface area contributed by atoms with Crippen LogP contribution in [0.15, 0.2) is 12.4 Å². The number of hydrogen-bond donors (Lipinski definition) is 1. The third kappa shape index (κ3) is 2.59. The third-order valence-corrected chi connectivity index (χ3v) is 4.36. The van der Waals surface area contributed by atoms with Gasteiger partial charge in [0.05, 0.1) is 12.7 Å². The van der Waals surface area contributed by atoms with Crippen LogP contribution in [0.25, 0.3) is 0 Å². The van der Waals surface area contributed by atoms with Crippen LogP contribution in [0.1, 0.15) is 31.2 Å². The van der Waals surface area contributed by atoms with E-state index in [4.69, 9.17) is 0 Å².